The minimum absolute atomic E-state index is 0.123. The molecule has 17 heavy (non-hydrogen) atoms. The molecule has 0 amide bonds. The monoisotopic (exact) mass is 240 g/mol. The first-order valence-electron chi connectivity index (χ1n) is 6.35. The molecule has 0 bridgehead atoms. The number of hydrogen-bond donors (Lipinski definition) is 1. The molecule has 0 radical (unpaired) electrons. The minimum atomic E-state index is -0.752. The van der Waals surface area contributed by atoms with Gasteiger partial charge in [-0.05, 0) is 39.8 Å². The summed E-state index contributed by atoms with van der Waals surface area (Å²) in [5.74, 6) is -0.752. The van der Waals surface area contributed by atoms with E-state index in [1.54, 1.807) is 6.08 Å². The predicted octanol–water partition coefficient (Wildman–Crippen LogP) is 1.43. The van der Waals surface area contributed by atoms with Crippen LogP contribution in [0.1, 0.15) is 26.7 Å². The Morgan fingerprint density at radius 3 is 2.53 bits per heavy atom. The van der Waals surface area contributed by atoms with Gasteiger partial charge in [0.05, 0.1) is 6.54 Å². The maximum atomic E-state index is 10.8. The molecule has 1 N–H and O–H groups in total. The maximum Gasteiger partial charge on any atom is 0.317 e. The van der Waals surface area contributed by atoms with E-state index in [4.69, 9.17) is 5.11 Å². The molecule has 1 aliphatic heterocycles. The van der Waals surface area contributed by atoms with Crippen LogP contribution in [0.3, 0.4) is 0 Å². The molecule has 0 aromatic carbocycles. The second-order valence-corrected chi connectivity index (χ2v) is 4.97. The molecule has 0 saturated carbocycles. The SMILES string of the molecule is C=CCN(CC(=O)O)C1CCN(C(C)C)CC1. The Hall–Kier alpha value is -0.870. The van der Waals surface area contributed by atoms with Gasteiger partial charge in [0.15, 0.2) is 0 Å². The van der Waals surface area contributed by atoms with Crippen molar-refractivity contribution in [3.8, 4) is 0 Å². The van der Waals surface area contributed by atoms with Crippen LogP contribution in [0.4, 0.5) is 0 Å². The van der Waals surface area contributed by atoms with Crippen molar-refractivity contribution in [3.05, 3.63) is 12.7 Å². The molecule has 0 unspecified atom stereocenters. The fraction of sp³-hybridized carbons (Fsp3) is 0.769. The van der Waals surface area contributed by atoms with Gasteiger partial charge in [0.1, 0.15) is 0 Å². The largest absolute Gasteiger partial charge is 0.480 e. The molecule has 0 aromatic heterocycles. The zero-order chi connectivity index (χ0) is 12.8. The summed E-state index contributed by atoms with van der Waals surface area (Å²) < 4.78 is 0. The highest BCUT2D eigenvalue weighted by molar-refractivity contribution is 5.69. The highest BCUT2D eigenvalue weighted by atomic mass is 16.4. The average molecular weight is 240 g/mol. The van der Waals surface area contributed by atoms with Crippen molar-refractivity contribution in [1.29, 1.82) is 0 Å². The Bertz CT molecular complexity index is 258. The lowest BCUT2D eigenvalue weighted by Crippen LogP contribution is -2.48. The molecule has 0 spiro atoms. The molecule has 98 valence electrons. The van der Waals surface area contributed by atoms with Gasteiger partial charge in [0.2, 0.25) is 0 Å². The number of rotatable bonds is 6. The number of hydrogen-bond acceptors (Lipinski definition) is 3. The topological polar surface area (TPSA) is 43.8 Å². The second-order valence-electron chi connectivity index (χ2n) is 4.97. The number of aliphatic carboxylic acids is 1. The van der Waals surface area contributed by atoms with Gasteiger partial charge in [-0.15, -0.1) is 6.58 Å². The van der Waals surface area contributed by atoms with E-state index in [-0.39, 0.29) is 6.54 Å². The van der Waals surface area contributed by atoms with Crippen LogP contribution >= 0.6 is 0 Å². The van der Waals surface area contributed by atoms with Crippen LogP contribution in [-0.2, 0) is 4.79 Å². The summed E-state index contributed by atoms with van der Waals surface area (Å²) in [6.07, 6.45) is 3.90. The highest BCUT2D eigenvalue weighted by Crippen LogP contribution is 2.18. The smallest absolute Gasteiger partial charge is 0.317 e. The lowest BCUT2D eigenvalue weighted by molar-refractivity contribution is -0.139. The van der Waals surface area contributed by atoms with E-state index in [9.17, 15) is 4.79 Å². The predicted molar refractivity (Wildman–Crippen MR) is 69.1 cm³/mol. The van der Waals surface area contributed by atoms with Crippen LogP contribution in [0, 0.1) is 0 Å². The maximum absolute atomic E-state index is 10.8. The summed E-state index contributed by atoms with van der Waals surface area (Å²) in [6, 6.07) is 0.974. The molecule has 1 aliphatic rings. The number of nitrogens with zero attached hydrogens (tertiary/aromatic N) is 2. The first kappa shape index (κ1) is 14.2. The van der Waals surface area contributed by atoms with Gasteiger partial charge in [-0.1, -0.05) is 6.08 Å². The first-order valence-corrected chi connectivity index (χ1v) is 6.35. The van der Waals surface area contributed by atoms with E-state index in [0.717, 1.165) is 25.9 Å². The normalized spacial score (nSPS) is 18.8. The van der Waals surface area contributed by atoms with Crippen LogP contribution in [-0.4, -0.2) is 59.1 Å². The van der Waals surface area contributed by atoms with E-state index in [1.807, 2.05) is 4.90 Å². The molecule has 4 nitrogen and oxygen atoms in total. The van der Waals surface area contributed by atoms with E-state index in [2.05, 4.69) is 25.3 Å². The number of carbonyl (C=O) groups is 1. The highest BCUT2D eigenvalue weighted by Gasteiger charge is 2.25. The molecule has 0 aliphatic carbocycles. The van der Waals surface area contributed by atoms with E-state index >= 15 is 0 Å². The van der Waals surface area contributed by atoms with Crippen LogP contribution in [0.5, 0.6) is 0 Å². The summed E-state index contributed by atoms with van der Waals surface area (Å²) in [5.41, 5.74) is 0. The van der Waals surface area contributed by atoms with Crippen molar-refractivity contribution in [2.45, 2.75) is 38.8 Å². The van der Waals surface area contributed by atoms with Gasteiger partial charge >= 0.3 is 5.97 Å². The standard InChI is InChI=1S/C13H24N2O2/c1-4-7-15(10-13(16)17)12-5-8-14(9-6-12)11(2)3/h4,11-12H,1,5-10H2,2-3H3,(H,16,17). The molecule has 0 aromatic rings. The van der Waals surface area contributed by atoms with Crippen LogP contribution in [0.25, 0.3) is 0 Å². The van der Waals surface area contributed by atoms with Crippen molar-refractivity contribution in [1.82, 2.24) is 9.80 Å². The Balaban J connectivity index is 2.48. The Morgan fingerprint density at radius 2 is 2.12 bits per heavy atom. The fourth-order valence-electron chi connectivity index (χ4n) is 2.45. The molecule has 1 fully saturated rings. The molecule has 1 saturated heterocycles. The van der Waals surface area contributed by atoms with E-state index in [1.165, 1.54) is 0 Å². The lowest BCUT2D eigenvalue weighted by Gasteiger charge is -2.39. The van der Waals surface area contributed by atoms with E-state index < -0.39 is 5.97 Å². The van der Waals surface area contributed by atoms with Crippen molar-refractivity contribution < 1.29 is 9.90 Å². The molecular weight excluding hydrogens is 216 g/mol. The Labute approximate surface area is 104 Å². The molecule has 0 atom stereocenters. The van der Waals surface area contributed by atoms with Gasteiger partial charge in [0, 0.05) is 18.6 Å². The molecule has 1 heterocycles. The number of carboxylic acids is 1. The average Bonchev–Trinajstić information content (AvgIpc) is 2.28. The van der Waals surface area contributed by atoms with Crippen molar-refractivity contribution >= 4 is 5.97 Å². The number of piperidine rings is 1. The third-order valence-electron chi connectivity index (χ3n) is 3.45. The molecular formula is C13H24N2O2. The van der Waals surface area contributed by atoms with Gasteiger partial charge in [-0.2, -0.15) is 0 Å². The lowest BCUT2D eigenvalue weighted by atomic mass is 10.0. The quantitative estimate of drug-likeness (QED) is 0.713. The minimum Gasteiger partial charge on any atom is -0.480 e. The summed E-state index contributed by atoms with van der Waals surface area (Å²) in [4.78, 5) is 15.3. The van der Waals surface area contributed by atoms with Crippen molar-refractivity contribution in [2.75, 3.05) is 26.2 Å². The third-order valence-corrected chi connectivity index (χ3v) is 3.45. The molecule has 4 heteroatoms. The summed E-state index contributed by atoms with van der Waals surface area (Å²) in [6.45, 7) is 11.0. The molecule has 1 rings (SSSR count). The summed E-state index contributed by atoms with van der Waals surface area (Å²) in [7, 11) is 0. The van der Waals surface area contributed by atoms with Gasteiger partial charge in [0.25, 0.3) is 0 Å². The number of carboxylic acid groups (broad SMARTS) is 1. The van der Waals surface area contributed by atoms with Crippen molar-refractivity contribution in [2.24, 2.45) is 0 Å². The van der Waals surface area contributed by atoms with Crippen LogP contribution in [0.15, 0.2) is 12.7 Å². The van der Waals surface area contributed by atoms with Gasteiger partial charge in [-0.3, -0.25) is 9.69 Å². The zero-order valence-corrected chi connectivity index (χ0v) is 10.9. The fourth-order valence-corrected chi connectivity index (χ4v) is 2.45. The second kappa shape index (κ2) is 6.77. The zero-order valence-electron chi connectivity index (χ0n) is 10.9. The van der Waals surface area contributed by atoms with Crippen molar-refractivity contribution in [3.63, 3.8) is 0 Å². The van der Waals surface area contributed by atoms with Crippen LogP contribution < -0.4 is 0 Å². The van der Waals surface area contributed by atoms with Crippen LogP contribution in [0.2, 0.25) is 0 Å². The van der Waals surface area contributed by atoms with Gasteiger partial charge < -0.3 is 10.0 Å². The first-order chi connectivity index (χ1) is 8.04. The third kappa shape index (κ3) is 4.48. The van der Waals surface area contributed by atoms with E-state index in [0.29, 0.717) is 18.6 Å². The Kier molecular flexibility index (Phi) is 5.65. The Morgan fingerprint density at radius 1 is 1.53 bits per heavy atom. The summed E-state index contributed by atoms with van der Waals surface area (Å²) in [5, 5.41) is 8.90. The number of likely N-dealkylation sites (tertiary alicyclic amines) is 1. The van der Waals surface area contributed by atoms with Gasteiger partial charge in [-0.25, -0.2) is 0 Å². The summed E-state index contributed by atoms with van der Waals surface area (Å²) >= 11 is 0.